The summed E-state index contributed by atoms with van der Waals surface area (Å²) in [5.74, 6) is -1.35. The number of fused-ring (bicyclic) bond motifs is 1. The van der Waals surface area contributed by atoms with Crippen LogP contribution in [-0.2, 0) is 9.47 Å². The quantitative estimate of drug-likeness (QED) is 0.447. The van der Waals surface area contributed by atoms with Gasteiger partial charge in [-0.1, -0.05) is 0 Å². The minimum atomic E-state index is -0.730. The van der Waals surface area contributed by atoms with Crippen LogP contribution in [0.2, 0.25) is 0 Å². The minimum Gasteiger partial charge on any atom is -0.462 e. The van der Waals surface area contributed by atoms with Gasteiger partial charge in [-0.3, -0.25) is 4.79 Å². The number of nitrogens with one attached hydrogen (secondary N) is 2. The number of hydrogen-bond donors (Lipinski definition) is 2. The van der Waals surface area contributed by atoms with E-state index in [1.807, 2.05) is 36.4 Å². The fourth-order valence-corrected chi connectivity index (χ4v) is 4.83. The standard InChI is InChI=1S/C19H20FIN2O4S/c1-5-27-18(25)13-12-14(16(24)23-19(2,3)15(12)26-4)28-17(13)22-11-7-6-9(21)8-10(11)20/h6-8,15,22H,5H2,1-4H3,(H,23,24). The van der Waals surface area contributed by atoms with Gasteiger partial charge < -0.3 is 20.1 Å². The molecule has 2 N–H and O–H groups in total. The Morgan fingerprint density at radius 1 is 1.43 bits per heavy atom. The molecule has 1 amide bonds. The highest BCUT2D eigenvalue weighted by Gasteiger charge is 2.45. The van der Waals surface area contributed by atoms with E-state index in [4.69, 9.17) is 9.47 Å². The zero-order valence-corrected chi connectivity index (χ0v) is 18.8. The third-order valence-electron chi connectivity index (χ3n) is 4.40. The van der Waals surface area contributed by atoms with Gasteiger partial charge in [-0.25, -0.2) is 9.18 Å². The van der Waals surface area contributed by atoms with Crippen molar-refractivity contribution in [2.24, 2.45) is 0 Å². The van der Waals surface area contributed by atoms with Crippen molar-refractivity contribution in [3.05, 3.63) is 43.6 Å². The molecule has 0 bridgehead atoms. The Bertz CT molecular complexity index is 944. The van der Waals surface area contributed by atoms with E-state index in [-0.39, 0.29) is 23.8 Å². The zero-order valence-electron chi connectivity index (χ0n) is 15.8. The van der Waals surface area contributed by atoms with Crippen molar-refractivity contribution >= 4 is 56.5 Å². The number of halogens is 2. The Labute approximate surface area is 179 Å². The Kier molecular flexibility index (Phi) is 5.97. The monoisotopic (exact) mass is 518 g/mol. The highest BCUT2D eigenvalue weighted by atomic mass is 127. The molecule has 1 aliphatic rings. The van der Waals surface area contributed by atoms with Crippen molar-refractivity contribution in [2.75, 3.05) is 19.0 Å². The van der Waals surface area contributed by atoms with Crippen molar-refractivity contribution in [1.29, 1.82) is 0 Å². The molecule has 0 radical (unpaired) electrons. The summed E-state index contributed by atoms with van der Waals surface area (Å²) in [7, 11) is 1.52. The first-order chi connectivity index (χ1) is 13.2. The summed E-state index contributed by atoms with van der Waals surface area (Å²) in [5, 5.41) is 6.21. The van der Waals surface area contributed by atoms with E-state index in [2.05, 4.69) is 10.6 Å². The minimum absolute atomic E-state index is 0.175. The van der Waals surface area contributed by atoms with Gasteiger partial charge in [0.05, 0.1) is 17.8 Å². The molecule has 1 unspecified atom stereocenters. The van der Waals surface area contributed by atoms with E-state index >= 15 is 0 Å². The summed E-state index contributed by atoms with van der Waals surface area (Å²) < 4.78 is 26.0. The lowest BCUT2D eigenvalue weighted by molar-refractivity contribution is 0.0213. The Hall–Kier alpha value is -1.72. The van der Waals surface area contributed by atoms with Crippen LogP contribution in [0.5, 0.6) is 0 Å². The molecule has 9 heteroatoms. The first-order valence-corrected chi connectivity index (χ1v) is 10.5. The van der Waals surface area contributed by atoms with Gasteiger partial charge in [0.1, 0.15) is 27.4 Å². The molecule has 3 rings (SSSR count). The summed E-state index contributed by atoms with van der Waals surface area (Å²) in [6.07, 6.45) is -0.562. The molecular weight excluding hydrogens is 498 g/mol. The average molecular weight is 518 g/mol. The maximum Gasteiger partial charge on any atom is 0.341 e. The molecule has 0 spiro atoms. The number of methoxy groups -OCH3 is 1. The Morgan fingerprint density at radius 3 is 2.75 bits per heavy atom. The van der Waals surface area contributed by atoms with Gasteiger partial charge in [0.15, 0.2) is 0 Å². The van der Waals surface area contributed by atoms with Gasteiger partial charge >= 0.3 is 5.97 Å². The van der Waals surface area contributed by atoms with Crippen LogP contribution in [0, 0.1) is 9.39 Å². The molecule has 0 fully saturated rings. The van der Waals surface area contributed by atoms with Crippen LogP contribution in [0.4, 0.5) is 15.1 Å². The summed E-state index contributed by atoms with van der Waals surface area (Å²) >= 11 is 3.10. The molecular formula is C19H20FIN2O4S. The highest BCUT2D eigenvalue weighted by Crippen LogP contribution is 2.46. The van der Waals surface area contributed by atoms with Crippen molar-refractivity contribution in [1.82, 2.24) is 5.32 Å². The van der Waals surface area contributed by atoms with Gasteiger partial charge in [0, 0.05) is 16.2 Å². The van der Waals surface area contributed by atoms with Crippen molar-refractivity contribution < 1.29 is 23.5 Å². The van der Waals surface area contributed by atoms with Crippen molar-refractivity contribution in [3.63, 3.8) is 0 Å². The maximum atomic E-state index is 14.4. The SMILES string of the molecule is CCOC(=O)c1c(Nc2ccc(I)cc2F)sc2c1C(OC)C(C)(C)NC2=O. The molecule has 6 nitrogen and oxygen atoms in total. The van der Waals surface area contributed by atoms with E-state index in [9.17, 15) is 14.0 Å². The predicted molar refractivity (Wildman–Crippen MR) is 114 cm³/mol. The van der Waals surface area contributed by atoms with Gasteiger partial charge in [-0.05, 0) is 61.6 Å². The molecule has 0 saturated carbocycles. The molecule has 28 heavy (non-hydrogen) atoms. The second-order valence-corrected chi connectivity index (χ2v) is 9.08. The number of anilines is 2. The van der Waals surface area contributed by atoms with Crippen molar-refractivity contribution in [3.8, 4) is 0 Å². The molecule has 2 heterocycles. The number of ether oxygens (including phenoxy) is 2. The fraction of sp³-hybridized carbons (Fsp3) is 0.368. The van der Waals surface area contributed by atoms with Crippen LogP contribution in [0.25, 0.3) is 0 Å². The number of benzene rings is 1. The lowest BCUT2D eigenvalue weighted by Crippen LogP contribution is -2.52. The number of thiophene rings is 1. The molecule has 1 aliphatic heterocycles. The first-order valence-electron chi connectivity index (χ1n) is 8.60. The van der Waals surface area contributed by atoms with E-state index in [0.717, 1.165) is 14.9 Å². The topological polar surface area (TPSA) is 76.7 Å². The summed E-state index contributed by atoms with van der Waals surface area (Å²) in [4.78, 5) is 25.8. The number of esters is 1. The maximum absolute atomic E-state index is 14.4. The van der Waals surface area contributed by atoms with E-state index in [0.29, 0.717) is 15.4 Å². The molecule has 1 atom stereocenters. The zero-order chi connectivity index (χ0) is 20.6. The Balaban J connectivity index is 2.18. The second kappa shape index (κ2) is 7.96. The number of rotatable bonds is 5. The number of hydrogen-bond acceptors (Lipinski definition) is 6. The van der Waals surface area contributed by atoms with Gasteiger partial charge in [-0.2, -0.15) is 0 Å². The molecule has 0 saturated heterocycles. The molecule has 150 valence electrons. The van der Waals surface area contributed by atoms with Crippen LogP contribution in [0.3, 0.4) is 0 Å². The van der Waals surface area contributed by atoms with E-state index in [1.165, 1.54) is 13.2 Å². The van der Waals surface area contributed by atoms with Crippen LogP contribution < -0.4 is 10.6 Å². The lowest BCUT2D eigenvalue weighted by Gasteiger charge is -2.38. The van der Waals surface area contributed by atoms with Crippen LogP contribution in [0.1, 0.15) is 52.5 Å². The second-order valence-electron chi connectivity index (χ2n) is 6.81. The van der Waals surface area contributed by atoms with Crippen LogP contribution in [0.15, 0.2) is 18.2 Å². The average Bonchev–Trinajstić information content (AvgIpc) is 2.96. The number of carbonyl (C=O) groups excluding carboxylic acids is 2. The summed E-state index contributed by atoms with van der Waals surface area (Å²) in [6.45, 7) is 5.52. The lowest BCUT2D eigenvalue weighted by atomic mass is 9.85. The summed E-state index contributed by atoms with van der Waals surface area (Å²) in [5.41, 5.74) is 0.146. The highest BCUT2D eigenvalue weighted by molar-refractivity contribution is 14.1. The van der Waals surface area contributed by atoms with Crippen LogP contribution in [-0.4, -0.2) is 31.1 Å². The van der Waals surface area contributed by atoms with Gasteiger partial charge in [0.25, 0.3) is 5.91 Å². The summed E-state index contributed by atoms with van der Waals surface area (Å²) in [6, 6.07) is 4.72. The smallest absolute Gasteiger partial charge is 0.341 e. The number of amides is 1. The predicted octanol–water partition coefficient (Wildman–Crippen LogP) is 4.62. The van der Waals surface area contributed by atoms with Gasteiger partial charge in [-0.15, -0.1) is 11.3 Å². The van der Waals surface area contributed by atoms with E-state index in [1.54, 1.807) is 19.1 Å². The van der Waals surface area contributed by atoms with E-state index < -0.39 is 23.4 Å². The molecule has 2 aromatic rings. The first kappa shape index (κ1) is 21.0. The van der Waals surface area contributed by atoms with Gasteiger partial charge in [0.2, 0.25) is 0 Å². The van der Waals surface area contributed by atoms with Crippen LogP contribution >= 0.6 is 33.9 Å². The molecule has 1 aromatic heterocycles. The normalized spacial score (nSPS) is 17.6. The number of carbonyl (C=O) groups is 2. The largest absolute Gasteiger partial charge is 0.462 e. The van der Waals surface area contributed by atoms with Crippen molar-refractivity contribution in [2.45, 2.75) is 32.4 Å². The molecule has 1 aromatic carbocycles. The third kappa shape index (κ3) is 3.74. The fourth-order valence-electron chi connectivity index (χ4n) is 3.26. The Morgan fingerprint density at radius 2 is 2.14 bits per heavy atom. The third-order valence-corrected chi connectivity index (χ3v) is 6.19. The molecule has 0 aliphatic carbocycles.